The summed E-state index contributed by atoms with van der Waals surface area (Å²) >= 11 is 0. The fourth-order valence-electron chi connectivity index (χ4n) is 2.12. The highest BCUT2D eigenvalue weighted by Crippen LogP contribution is 2.29. The van der Waals surface area contributed by atoms with E-state index >= 15 is 0 Å². The summed E-state index contributed by atoms with van der Waals surface area (Å²) in [4.78, 5) is 12.0. The van der Waals surface area contributed by atoms with Crippen molar-refractivity contribution in [3.63, 3.8) is 0 Å². The zero-order valence-electron chi connectivity index (χ0n) is 9.78. The molecule has 7 heteroatoms. The van der Waals surface area contributed by atoms with E-state index < -0.39 is 18.1 Å². The Morgan fingerprint density at radius 1 is 1.56 bits per heavy atom. The zero-order chi connectivity index (χ0) is 13.8. The van der Waals surface area contributed by atoms with Crippen molar-refractivity contribution in [3.8, 4) is 6.07 Å². The summed E-state index contributed by atoms with van der Waals surface area (Å²) in [5.74, 6) is -2.73. The molecule has 0 saturated carbocycles. The van der Waals surface area contributed by atoms with Crippen LogP contribution in [-0.2, 0) is 4.79 Å². The van der Waals surface area contributed by atoms with Gasteiger partial charge in [-0.25, -0.2) is 0 Å². The van der Waals surface area contributed by atoms with Crippen LogP contribution in [0.5, 0.6) is 0 Å². The molecule has 102 valence electrons. The summed E-state index contributed by atoms with van der Waals surface area (Å²) in [5.41, 5.74) is 0. The molecule has 2 unspecified atom stereocenters. The van der Waals surface area contributed by atoms with Gasteiger partial charge in [-0.3, -0.25) is 4.79 Å². The maximum Gasteiger partial charge on any atom is 0.405 e. The average Bonchev–Trinajstić information content (AvgIpc) is 2.69. The summed E-state index contributed by atoms with van der Waals surface area (Å²) in [6.45, 7) is 0.629. The number of carboxylic acids is 1. The summed E-state index contributed by atoms with van der Waals surface area (Å²) < 4.78 is 37.2. The molecule has 1 N–H and O–H groups in total. The largest absolute Gasteiger partial charge is 0.481 e. The van der Waals surface area contributed by atoms with Crippen LogP contribution >= 0.6 is 0 Å². The van der Waals surface area contributed by atoms with Crippen molar-refractivity contribution in [2.24, 2.45) is 11.8 Å². The lowest BCUT2D eigenvalue weighted by Crippen LogP contribution is -2.34. The Morgan fingerprint density at radius 3 is 2.72 bits per heavy atom. The van der Waals surface area contributed by atoms with Gasteiger partial charge in [-0.05, 0) is 25.3 Å². The normalized spacial score (nSPS) is 22.7. The van der Waals surface area contributed by atoms with E-state index in [2.05, 4.69) is 0 Å². The van der Waals surface area contributed by atoms with Gasteiger partial charge >= 0.3 is 12.1 Å². The maximum absolute atomic E-state index is 12.4. The van der Waals surface area contributed by atoms with Crippen LogP contribution in [0.4, 0.5) is 13.2 Å². The first-order valence-electron chi connectivity index (χ1n) is 5.73. The fraction of sp³-hybridized carbons (Fsp3) is 0.818. The van der Waals surface area contributed by atoms with Gasteiger partial charge in [0.15, 0.2) is 5.92 Å². The van der Waals surface area contributed by atoms with E-state index in [1.807, 2.05) is 0 Å². The van der Waals surface area contributed by atoms with Crippen molar-refractivity contribution in [1.29, 1.82) is 5.26 Å². The Balaban J connectivity index is 2.38. The Bertz CT molecular complexity index is 338. The van der Waals surface area contributed by atoms with Gasteiger partial charge in [-0.2, -0.15) is 18.4 Å². The van der Waals surface area contributed by atoms with Crippen molar-refractivity contribution in [2.45, 2.75) is 25.4 Å². The molecule has 0 aliphatic carbocycles. The molecule has 1 aliphatic heterocycles. The molecule has 0 radical (unpaired) electrons. The van der Waals surface area contributed by atoms with E-state index in [4.69, 9.17) is 10.4 Å². The first kappa shape index (κ1) is 14.8. The number of rotatable bonds is 5. The van der Waals surface area contributed by atoms with Gasteiger partial charge in [0.1, 0.15) is 0 Å². The van der Waals surface area contributed by atoms with E-state index in [9.17, 15) is 18.0 Å². The number of carbonyl (C=O) groups is 1. The van der Waals surface area contributed by atoms with Gasteiger partial charge in [0.05, 0.1) is 6.07 Å². The van der Waals surface area contributed by atoms with Gasteiger partial charge in [0.2, 0.25) is 0 Å². The summed E-state index contributed by atoms with van der Waals surface area (Å²) in [7, 11) is 0. The third kappa shape index (κ3) is 4.53. The van der Waals surface area contributed by atoms with Gasteiger partial charge in [-0.1, -0.05) is 0 Å². The van der Waals surface area contributed by atoms with Crippen LogP contribution in [0.2, 0.25) is 0 Å². The predicted molar refractivity (Wildman–Crippen MR) is 56.6 cm³/mol. The van der Waals surface area contributed by atoms with Crippen molar-refractivity contribution in [3.05, 3.63) is 0 Å². The number of aliphatic carboxylic acids is 1. The van der Waals surface area contributed by atoms with Crippen molar-refractivity contribution >= 4 is 5.97 Å². The first-order chi connectivity index (χ1) is 8.32. The molecule has 0 aromatic heterocycles. The Kier molecular flexibility index (Phi) is 4.96. The van der Waals surface area contributed by atoms with Crippen LogP contribution in [0.25, 0.3) is 0 Å². The maximum atomic E-state index is 12.4. The highest BCUT2D eigenvalue weighted by molar-refractivity contribution is 5.66. The number of likely N-dealkylation sites (tertiary alicyclic amines) is 1. The van der Waals surface area contributed by atoms with Crippen LogP contribution in [0, 0.1) is 23.2 Å². The molecule has 2 atom stereocenters. The average molecular weight is 264 g/mol. The van der Waals surface area contributed by atoms with Crippen LogP contribution in [0.1, 0.15) is 19.3 Å². The molecular formula is C11H15F3N2O2. The molecule has 0 aromatic rings. The highest BCUT2D eigenvalue weighted by atomic mass is 19.4. The second-order valence-electron chi connectivity index (χ2n) is 4.57. The van der Waals surface area contributed by atoms with Gasteiger partial charge < -0.3 is 10.0 Å². The number of hydrogen-bond donors (Lipinski definition) is 1. The minimum absolute atomic E-state index is 0.0411. The molecule has 1 saturated heterocycles. The summed E-state index contributed by atoms with van der Waals surface area (Å²) in [6, 6.07) is 1.27. The lowest BCUT2D eigenvalue weighted by molar-refractivity contribution is -0.162. The SMILES string of the molecule is N#CC(CN1CCC(CCC(=O)O)C1)C(F)(F)F. The van der Waals surface area contributed by atoms with E-state index in [-0.39, 0.29) is 18.9 Å². The van der Waals surface area contributed by atoms with E-state index in [0.717, 1.165) is 0 Å². The van der Waals surface area contributed by atoms with Crippen LogP contribution in [0.15, 0.2) is 0 Å². The van der Waals surface area contributed by atoms with Crippen molar-refractivity contribution in [1.82, 2.24) is 4.90 Å². The van der Waals surface area contributed by atoms with Gasteiger partial charge in [0, 0.05) is 19.5 Å². The minimum atomic E-state index is -4.49. The molecular weight excluding hydrogens is 249 g/mol. The number of carboxylic acid groups (broad SMARTS) is 1. The third-order valence-electron chi connectivity index (χ3n) is 3.13. The lowest BCUT2D eigenvalue weighted by Gasteiger charge is -2.20. The standard InChI is InChI=1S/C11H15F3N2O2/c12-11(13,14)9(5-15)7-16-4-3-8(6-16)1-2-10(17)18/h8-9H,1-4,6-7H2,(H,17,18). The molecule has 1 aliphatic rings. The Hall–Kier alpha value is -1.29. The molecule has 1 rings (SSSR count). The molecule has 1 heterocycles. The van der Waals surface area contributed by atoms with E-state index in [1.165, 1.54) is 6.07 Å². The summed E-state index contributed by atoms with van der Waals surface area (Å²) in [5, 5.41) is 17.0. The van der Waals surface area contributed by atoms with Crippen LogP contribution < -0.4 is 0 Å². The Morgan fingerprint density at radius 2 is 2.22 bits per heavy atom. The van der Waals surface area contributed by atoms with Gasteiger partial charge in [0.25, 0.3) is 0 Å². The second kappa shape index (κ2) is 6.05. The molecule has 18 heavy (non-hydrogen) atoms. The molecule has 0 bridgehead atoms. The minimum Gasteiger partial charge on any atom is -0.481 e. The zero-order valence-corrected chi connectivity index (χ0v) is 9.78. The Labute approximate surface area is 103 Å². The molecule has 0 spiro atoms. The number of alkyl halides is 3. The smallest absolute Gasteiger partial charge is 0.405 e. The highest BCUT2D eigenvalue weighted by Gasteiger charge is 2.41. The quantitative estimate of drug-likeness (QED) is 0.823. The number of halogens is 3. The number of nitriles is 1. The molecule has 1 fully saturated rings. The van der Waals surface area contributed by atoms with E-state index in [0.29, 0.717) is 25.9 Å². The second-order valence-corrected chi connectivity index (χ2v) is 4.57. The van der Waals surface area contributed by atoms with Crippen LogP contribution in [0.3, 0.4) is 0 Å². The first-order valence-corrected chi connectivity index (χ1v) is 5.73. The predicted octanol–water partition coefficient (Wildman–Crippen LogP) is 1.88. The third-order valence-corrected chi connectivity index (χ3v) is 3.13. The van der Waals surface area contributed by atoms with Crippen LogP contribution in [-0.4, -0.2) is 41.8 Å². The number of hydrogen-bond acceptors (Lipinski definition) is 3. The van der Waals surface area contributed by atoms with Crippen molar-refractivity contribution < 1.29 is 23.1 Å². The lowest BCUT2D eigenvalue weighted by atomic mass is 10.0. The molecule has 4 nitrogen and oxygen atoms in total. The fourth-order valence-corrected chi connectivity index (χ4v) is 2.12. The van der Waals surface area contributed by atoms with Gasteiger partial charge in [-0.15, -0.1) is 0 Å². The topological polar surface area (TPSA) is 64.3 Å². The van der Waals surface area contributed by atoms with Crippen molar-refractivity contribution in [2.75, 3.05) is 19.6 Å². The monoisotopic (exact) mass is 264 g/mol. The number of nitrogens with zero attached hydrogens (tertiary/aromatic N) is 2. The van der Waals surface area contributed by atoms with E-state index in [1.54, 1.807) is 4.90 Å². The molecule has 0 aromatic carbocycles. The summed E-state index contributed by atoms with van der Waals surface area (Å²) in [6.07, 6.45) is -3.27. The molecule has 0 amide bonds.